The Morgan fingerprint density at radius 1 is 0.931 bits per heavy atom. The third-order valence-electron chi connectivity index (χ3n) is 3.73. The summed E-state index contributed by atoms with van der Waals surface area (Å²) in [5.74, 6) is -1.15. The van der Waals surface area contributed by atoms with Gasteiger partial charge in [-0.25, -0.2) is 4.39 Å². The topological polar surface area (TPSA) is 103 Å². The van der Waals surface area contributed by atoms with Gasteiger partial charge in [-0.2, -0.15) is 0 Å². The smallest absolute Gasteiger partial charge is 0.310 e. The fourth-order valence-corrected chi connectivity index (χ4v) is 2.32. The Morgan fingerprint density at radius 3 is 2.28 bits per heavy atom. The first-order valence-electron chi connectivity index (χ1n) is 8.60. The number of anilines is 1. The molecule has 0 aliphatic heterocycles. The number of carbonyl (C=O) groups excluding carboxylic acids is 3. The molecule has 0 bridgehead atoms. The number of benzene rings is 2. The Kier molecular flexibility index (Phi) is 7.96. The van der Waals surface area contributed by atoms with E-state index in [1.807, 2.05) is 0 Å². The molecule has 2 rings (SSSR count). The minimum absolute atomic E-state index is 0.0569. The lowest BCUT2D eigenvalue weighted by atomic mass is 10.1. The van der Waals surface area contributed by atoms with Gasteiger partial charge in [0.25, 0.3) is 5.91 Å². The molecular formula is C20H21FN2O6. The lowest BCUT2D eigenvalue weighted by Gasteiger charge is -2.10. The van der Waals surface area contributed by atoms with Crippen molar-refractivity contribution in [2.24, 2.45) is 0 Å². The monoisotopic (exact) mass is 404 g/mol. The predicted molar refractivity (Wildman–Crippen MR) is 102 cm³/mol. The van der Waals surface area contributed by atoms with E-state index in [9.17, 15) is 18.8 Å². The number of esters is 1. The van der Waals surface area contributed by atoms with Gasteiger partial charge < -0.3 is 24.8 Å². The molecule has 0 aromatic heterocycles. The fourth-order valence-electron chi connectivity index (χ4n) is 2.32. The fraction of sp³-hybridized carbons (Fsp3) is 0.250. The van der Waals surface area contributed by atoms with Crippen molar-refractivity contribution in [2.45, 2.75) is 6.42 Å². The zero-order chi connectivity index (χ0) is 21.2. The van der Waals surface area contributed by atoms with Crippen molar-refractivity contribution in [3.8, 4) is 11.5 Å². The normalized spacial score (nSPS) is 10.0. The number of halogens is 1. The van der Waals surface area contributed by atoms with Gasteiger partial charge in [0.15, 0.2) is 18.1 Å². The van der Waals surface area contributed by atoms with E-state index < -0.39 is 30.2 Å². The molecular weight excluding hydrogens is 383 g/mol. The molecule has 0 spiro atoms. The third-order valence-corrected chi connectivity index (χ3v) is 3.73. The van der Waals surface area contributed by atoms with E-state index in [-0.39, 0.29) is 13.0 Å². The summed E-state index contributed by atoms with van der Waals surface area (Å²) in [6.07, 6.45) is -0.0569. The summed E-state index contributed by atoms with van der Waals surface area (Å²) >= 11 is 0. The minimum atomic E-state index is -0.625. The van der Waals surface area contributed by atoms with Gasteiger partial charge in [-0.3, -0.25) is 14.4 Å². The molecule has 0 atom stereocenters. The quantitative estimate of drug-likeness (QED) is 0.617. The highest BCUT2D eigenvalue weighted by atomic mass is 19.1. The molecule has 2 aromatic rings. The van der Waals surface area contributed by atoms with E-state index in [0.717, 1.165) is 0 Å². The maximum atomic E-state index is 12.8. The molecule has 154 valence electrons. The minimum Gasteiger partial charge on any atom is -0.493 e. The summed E-state index contributed by atoms with van der Waals surface area (Å²) in [6.45, 7) is -0.834. The number of methoxy groups -OCH3 is 2. The van der Waals surface area contributed by atoms with Crippen LogP contribution < -0.4 is 20.1 Å². The number of amides is 2. The molecule has 0 heterocycles. The van der Waals surface area contributed by atoms with Crippen molar-refractivity contribution in [1.29, 1.82) is 0 Å². The number of ether oxygens (including phenoxy) is 3. The highest BCUT2D eigenvalue weighted by Gasteiger charge is 2.12. The standard InChI is InChI=1S/C20H21FN2O6/c1-27-16-8-3-13(9-17(16)28-2)10-20(26)29-12-19(25)22-11-18(24)23-15-6-4-14(21)5-7-15/h3-9H,10-12H2,1-2H3,(H,22,25)(H,23,24). The van der Waals surface area contributed by atoms with Crippen LogP contribution in [0.3, 0.4) is 0 Å². The molecule has 2 aromatic carbocycles. The molecule has 9 heteroatoms. The molecule has 0 fully saturated rings. The number of nitrogens with one attached hydrogen (secondary N) is 2. The lowest BCUT2D eigenvalue weighted by molar-refractivity contribution is -0.147. The van der Waals surface area contributed by atoms with Crippen LogP contribution in [0.2, 0.25) is 0 Å². The highest BCUT2D eigenvalue weighted by Crippen LogP contribution is 2.27. The molecule has 0 unspecified atom stereocenters. The summed E-state index contributed by atoms with van der Waals surface area (Å²) in [6, 6.07) is 10.2. The van der Waals surface area contributed by atoms with Gasteiger partial charge in [-0.05, 0) is 42.0 Å². The van der Waals surface area contributed by atoms with Crippen LogP contribution >= 0.6 is 0 Å². The van der Waals surface area contributed by atoms with Crippen molar-refractivity contribution >= 4 is 23.5 Å². The highest BCUT2D eigenvalue weighted by molar-refractivity contribution is 5.94. The van der Waals surface area contributed by atoms with Gasteiger partial charge in [0.1, 0.15) is 5.82 Å². The number of hydrogen-bond acceptors (Lipinski definition) is 6. The Balaban J connectivity index is 1.72. The average molecular weight is 404 g/mol. The van der Waals surface area contributed by atoms with Crippen molar-refractivity contribution in [3.63, 3.8) is 0 Å². The van der Waals surface area contributed by atoms with Crippen LogP contribution in [0.4, 0.5) is 10.1 Å². The van der Waals surface area contributed by atoms with Gasteiger partial charge in [0.05, 0.1) is 27.2 Å². The summed E-state index contributed by atoms with van der Waals surface area (Å²) in [5.41, 5.74) is 1.03. The lowest BCUT2D eigenvalue weighted by Crippen LogP contribution is -2.35. The van der Waals surface area contributed by atoms with Crippen LogP contribution in [0.5, 0.6) is 11.5 Å². The zero-order valence-electron chi connectivity index (χ0n) is 16.0. The van der Waals surface area contributed by atoms with E-state index in [0.29, 0.717) is 22.7 Å². The second-order valence-electron chi connectivity index (χ2n) is 5.86. The van der Waals surface area contributed by atoms with E-state index in [4.69, 9.17) is 14.2 Å². The van der Waals surface area contributed by atoms with Crippen molar-refractivity contribution < 1.29 is 33.0 Å². The number of hydrogen-bond donors (Lipinski definition) is 2. The van der Waals surface area contributed by atoms with Crippen molar-refractivity contribution in [1.82, 2.24) is 5.32 Å². The maximum Gasteiger partial charge on any atom is 0.310 e. The molecule has 0 radical (unpaired) electrons. The third kappa shape index (κ3) is 7.13. The van der Waals surface area contributed by atoms with E-state index in [1.165, 1.54) is 38.5 Å². The first-order chi connectivity index (χ1) is 13.9. The SMILES string of the molecule is COc1ccc(CC(=O)OCC(=O)NCC(=O)Nc2ccc(F)cc2)cc1OC. The molecule has 2 N–H and O–H groups in total. The summed E-state index contributed by atoms with van der Waals surface area (Å²) < 4.78 is 28.0. The predicted octanol–water partition coefficient (Wildman–Crippen LogP) is 1.68. The molecule has 29 heavy (non-hydrogen) atoms. The molecule has 0 aliphatic carbocycles. The second kappa shape index (κ2) is 10.6. The molecule has 0 aliphatic rings. The Labute approximate surface area is 166 Å². The van der Waals surface area contributed by atoms with Crippen molar-refractivity contribution in [3.05, 3.63) is 53.8 Å². The van der Waals surface area contributed by atoms with Gasteiger partial charge in [-0.1, -0.05) is 6.07 Å². The first kappa shape index (κ1) is 21.7. The maximum absolute atomic E-state index is 12.8. The van der Waals surface area contributed by atoms with E-state index in [1.54, 1.807) is 18.2 Å². The van der Waals surface area contributed by atoms with Crippen LogP contribution in [0.25, 0.3) is 0 Å². The van der Waals surface area contributed by atoms with Gasteiger partial charge >= 0.3 is 5.97 Å². The van der Waals surface area contributed by atoms with Crippen LogP contribution in [0.15, 0.2) is 42.5 Å². The summed E-state index contributed by atoms with van der Waals surface area (Å²) in [4.78, 5) is 35.4. The van der Waals surface area contributed by atoms with Gasteiger partial charge in [-0.15, -0.1) is 0 Å². The van der Waals surface area contributed by atoms with Gasteiger partial charge in [0.2, 0.25) is 5.91 Å². The molecule has 8 nitrogen and oxygen atoms in total. The van der Waals surface area contributed by atoms with Crippen LogP contribution in [0.1, 0.15) is 5.56 Å². The molecule has 2 amide bonds. The van der Waals surface area contributed by atoms with Gasteiger partial charge in [0, 0.05) is 5.69 Å². The number of carbonyl (C=O) groups is 3. The Bertz CT molecular complexity index is 870. The zero-order valence-corrected chi connectivity index (χ0v) is 16.0. The summed E-state index contributed by atoms with van der Waals surface area (Å²) in [7, 11) is 2.99. The van der Waals surface area contributed by atoms with E-state index in [2.05, 4.69) is 10.6 Å². The molecule has 0 saturated heterocycles. The van der Waals surface area contributed by atoms with Crippen LogP contribution in [0, 0.1) is 5.82 Å². The Morgan fingerprint density at radius 2 is 1.62 bits per heavy atom. The number of rotatable bonds is 9. The van der Waals surface area contributed by atoms with Crippen LogP contribution in [-0.2, 0) is 25.5 Å². The first-order valence-corrected chi connectivity index (χ1v) is 8.60. The average Bonchev–Trinajstić information content (AvgIpc) is 2.72. The van der Waals surface area contributed by atoms with Crippen LogP contribution in [-0.4, -0.2) is 45.2 Å². The largest absolute Gasteiger partial charge is 0.493 e. The molecule has 0 saturated carbocycles. The summed E-state index contributed by atoms with van der Waals surface area (Å²) in [5, 5.41) is 4.82. The van der Waals surface area contributed by atoms with E-state index >= 15 is 0 Å². The Hall–Kier alpha value is -3.62. The van der Waals surface area contributed by atoms with Crippen molar-refractivity contribution in [2.75, 3.05) is 32.7 Å². The second-order valence-corrected chi connectivity index (χ2v) is 5.86.